The lowest BCUT2D eigenvalue weighted by Crippen LogP contribution is -2.32. The first-order chi connectivity index (χ1) is 7.92. The standard InChI is InChI=1S/C11H14N2O3S/c1-13(11(12)14)9-4-5-10-8(7-9)3-2-6-17(10,15)16/h4-5,7H,2-3,6H2,1H3,(H2,12,14). The van der Waals surface area contributed by atoms with Crippen molar-refractivity contribution in [1.82, 2.24) is 0 Å². The van der Waals surface area contributed by atoms with Gasteiger partial charge >= 0.3 is 6.03 Å². The van der Waals surface area contributed by atoms with Crippen LogP contribution in [0.1, 0.15) is 12.0 Å². The number of nitrogens with zero attached hydrogens (tertiary/aromatic N) is 1. The molecular formula is C11H14N2O3S. The second-order valence-corrected chi connectivity index (χ2v) is 6.19. The lowest BCUT2D eigenvalue weighted by Gasteiger charge is -2.20. The number of primary amides is 1. The molecule has 1 aromatic rings. The van der Waals surface area contributed by atoms with Crippen LogP contribution >= 0.6 is 0 Å². The Balaban J connectivity index is 2.48. The van der Waals surface area contributed by atoms with Crippen molar-refractivity contribution >= 4 is 21.6 Å². The minimum absolute atomic E-state index is 0.199. The van der Waals surface area contributed by atoms with Crippen LogP contribution in [0.2, 0.25) is 0 Å². The van der Waals surface area contributed by atoms with Crippen molar-refractivity contribution < 1.29 is 13.2 Å². The zero-order chi connectivity index (χ0) is 12.6. The van der Waals surface area contributed by atoms with E-state index in [1.54, 1.807) is 25.2 Å². The summed E-state index contributed by atoms with van der Waals surface area (Å²) in [5, 5.41) is 0. The van der Waals surface area contributed by atoms with Crippen LogP contribution < -0.4 is 10.6 Å². The molecule has 0 aromatic heterocycles. The Morgan fingerprint density at radius 3 is 2.76 bits per heavy atom. The number of anilines is 1. The SMILES string of the molecule is CN(C(N)=O)c1ccc2c(c1)CCCS2(=O)=O. The van der Waals surface area contributed by atoms with Crippen LogP contribution in [0.25, 0.3) is 0 Å². The molecule has 1 heterocycles. The highest BCUT2D eigenvalue weighted by Gasteiger charge is 2.24. The first kappa shape index (κ1) is 11.9. The van der Waals surface area contributed by atoms with Crippen molar-refractivity contribution in [2.24, 2.45) is 5.73 Å². The largest absolute Gasteiger partial charge is 0.351 e. The van der Waals surface area contributed by atoms with E-state index < -0.39 is 15.9 Å². The van der Waals surface area contributed by atoms with Crippen LogP contribution in [0, 0.1) is 0 Å². The molecule has 2 N–H and O–H groups in total. The zero-order valence-corrected chi connectivity index (χ0v) is 10.3. The number of amides is 2. The molecule has 0 aliphatic carbocycles. The summed E-state index contributed by atoms with van der Waals surface area (Å²) in [6, 6.07) is 4.31. The van der Waals surface area contributed by atoms with E-state index in [0.29, 0.717) is 17.0 Å². The Bertz CT molecular complexity index is 566. The van der Waals surface area contributed by atoms with Gasteiger partial charge in [0.2, 0.25) is 0 Å². The Labute approximate surface area is 100 Å². The number of carbonyl (C=O) groups excluding carboxylic acids is 1. The average Bonchev–Trinajstić information content (AvgIpc) is 2.27. The van der Waals surface area contributed by atoms with E-state index in [0.717, 1.165) is 12.0 Å². The number of fused-ring (bicyclic) bond motifs is 1. The molecule has 17 heavy (non-hydrogen) atoms. The van der Waals surface area contributed by atoms with E-state index in [9.17, 15) is 13.2 Å². The molecule has 2 rings (SSSR count). The number of carbonyl (C=O) groups is 1. The van der Waals surface area contributed by atoms with E-state index in [4.69, 9.17) is 5.73 Å². The van der Waals surface area contributed by atoms with Crippen LogP contribution in [0.5, 0.6) is 0 Å². The summed E-state index contributed by atoms with van der Waals surface area (Å²) >= 11 is 0. The van der Waals surface area contributed by atoms with Gasteiger partial charge in [-0.05, 0) is 36.6 Å². The molecule has 0 unspecified atom stereocenters. The predicted molar refractivity (Wildman–Crippen MR) is 64.8 cm³/mol. The summed E-state index contributed by atoms with van der Waals surface area (Å²) < 4.78 is 23.6. The maximum atomic E-state index is 11.8. The maximum Gasteiger partial charge on any atom is 0.318 e. The number of urea groups is 1. The summed E-state index contributed by atoms with van der Waals surface area (Å²) in [7, 11) is -1.58. The molecule has 0 atom stereocenters. The van der Waals surface area contributed by atoms with Gasteiger partial charge in [0.15, 0.2) is 9.84 Å². The van der Waals surface area contributed by atoms with E-state index in [1.165, 1.54) is 4.90 Å². The quantitative estimate of drug-likeness (QED) is 0.809. The van der Waals surface area contributed by atoms with E-state index in [2.05, 4.69) is 0 Å². The molecule has 0 spiro atoms. The molecular weight excluding hydrogens is 240 g/mol. The third-order valence-electron chi connectivity index (χ3n) is 2.96. The van der Waals surface area contributed by atoms with Crippen LogP contribution in [-0.2, 0) is 16.3 Å². The van der Waals surface area contributed by atoms with Crippen LogP contribution in [0.4, 0.5) is 10.5 Å². The van der Waals surface area contributed by atoms with Gasteiger partial charge in [0, 0.05) is 12.7 Å². The summed E-state index contributed by atoms with van der Waals surface area (Å²) in [6.45, 7) is 0. The van der Waals surface area contributed by atoms with Gasteiger partial charge in [0.25, 0.3) is 0 Å². The van der Waals surface area contributed by atoms with Crippen molar-refractivity contribution in [2.75, 3.05) is 17.7 Å². The predicted octanol–water partition coefficient (Wildman–Crippen LogP) is 0.921. The van der Waals surface area contributed by atoms with Gasteiger partial charge in [0.05, 0.1) is 10.6 Å². The van der Waals surface area contributed by atoms with Crippen molar-refractivity contribution in [2.45, 2.75) is 17.7 Å². The molecule has 5 nitrogen and oxygen atoms in total. The van der Waals surface area contributed by atoms with Gasteiger partial charge in [-0.1, -0.05) is 0 Å². The number of benzene rings is 1. The lowest BCUT2D eigenvalue weighted by atomic mass is 10.1. The smallest absolute Gasteiger partial charge is 0.318 e. The van der Waals surface area contributed by atoms with Gasteiger partial charge in [-0.25, -0.2) is 13.2 Å². The molecule has 1 aliphatic heterocycles. The monoisotopic (exact) mass is 254 g/mol. The fourth-order valence-electron chi connectivity index (χ4n) is 1.96. The van der Waals surface area contributed by atoms with Crippen molar-refractivity contribution in [3.63, 3.8) is 0 Å². The van der Waals surface area contributed by atoms with Crippen molar-refractivity contribution in [3.8, 4) is 0 Å². The highest BCUT2D eigenvalue weighted by molar-refractivity contribution is 7.91. The average molecular weight is 254 g/mol. The molecule has 1 aliphatic rings. The summed E-state index contributed by atoms with van der Waals surface area (Å²) in [5.74, 6) is 0.199. The second kappa shape index (κ2) is 4.03. The van der Waals surface area contributed by atoms with E-state index in [-0.39, 0.29) is 5.75 Å². The summed E-state index contributed by atoms with van der Waals surface area (Å²) in [6.07, 6.45) is 1.34. The second-order valence-electron chi connectivity index (χ2n) is 4.11. The Morgan fingerprint density at radius 2 is 2.12 bits per heavy atom. The number of hydrogen-bond donors (Lipinski definition) is 1. The molecule has 0 fully saturated rings. The van der Waals surface area contributed by atoms with Gasteiger partial charge in [-0.15, -0.1) is 0 Å². The number of nitrogens with two attached hydrogens (primary N) is 1. The molecule has 92 valence electrons. The van der Waals surface area contributed by atoms with Gasteiger partial charge in [-0.2, -0.15) is 0 Å². The fraction of sp³-hybridized carbons (Fsp3) is 0.364. The van der Waals surface area contributed by atoms with E-state index in [1.807, 2.05) is 0 Å². The van der Waals surface area contributed by atoms with Crippen LogP contribution in [0.3, 0.4) is 0 Å². The zero-order valence-electron chi connectivity index (χ0n) is 9.51. The number of rotatable bonds is 1. The number of hydrogen-bond acceptors (Lipinski definition) is 3. The molecule has 0 saturated carbocycles. The molecule has 2 amide bonds. The maximum absolute atomic E-state index is 11.8. The third-order valence-corrected chi connectivity index (χ3v) is 4.85. The molecule has 0 saturated heterocycles. The van der Waals surface area contributed by atoms with Gasteiger partial charge < -0.3 is 5.73 Å². The van der Waals surface area contributed by atoms with Crippen LogP contribution in [-0.4, -0.2) is 27.2 Å². The van der Waals surface area contributed by atoms with Crippen molar-refractivity contribution in [1.29, 1.82) is 0 Å². The van der Waals surface area contributed by atoms with Crippen molar-refractivity contribution in [3.05, 3.63) is 23.8 Å². The topological polar surface area (TPSA) is 80.5 Å². The molecule has 0 bridgehead atoms. The Morgan fingerprint density at radius 1 is 1.41 bits per heavy atom. The Kier molecular flexibility index (Phi) is 2.82. The Hall–Kier alpha value is -1.56. The first-order valence-electron chi connectivity index (χ1n) is 5.30. The highest BCUT2D eigenvalue weighted by Crippen LogP contribution is 2.28. The fourth-order valence-corrected chi connectivity index (χ4v) is 3.54. The van der Waals surface area contributed by atoms with E-state index >= 15 is 0 Å². The summed E-state index contributed by atoms with van der Waals surface area (Å²) in [5.41, 5.74) is 6.55. The number of aryl methyl sites for hydroxylation is 1. The molecule has 6 heteroatoms. The lowest BCUT2D eigenvalue weighted by molar-refractivity contribution is 0.255. The minimum Gasteiger partial charge on any atom is -0.351 e. The first-order valence-corrected chi connectivity index (χ1v) is 6.96. The van der Waals surface area contributed by atoms with Gasteiger partial charge in [-0.3, -0.25) is 4.90 Å². The molecule has 0 radical (unpaired) electrons. The normalized spacial score (nSPS) is 17.2. The van der Waals surface area contributed by atoms with Gasteiger partial charge in [0.1, 0.15) is 0 Å². The molecule has 1 aromatic carbocycles. The highest BCUT2D eigenvalue weighted by atomic mass is 32.2. The minimum atomic E-state index is -3.14. The third kappa shape index (κ3) is 2.12. The van der Waals surface area contributed by atoms with Crippen LogP contribution in [0.15, 0.2) is 23.1 Å². The number of sulfone groups is 1. The summed E-state index contributed by atoms with van der Waals surface area (Å²) in [4.78, 5) is 12.7.